The highest BCUT2D eigenvalue weighted by Crippen LogP contribution is 2.31. The number of nitrogens with zero attached hydrogens (tertiary/aromatic N) is 2. The molecule has 3 aromatic carbocycles. The summed E-state index contributed by atoms with van der Waals surface area (Å²) in [7, 11) is 0. The zero-order valence-electron chi connectivity index (χ0n) is 19.1. The van der Waals surface area contributed by atoms with Crippen LogP contribution in [0.15, 0.2) is 71.3 Å². The number of carbonyl (C=O) groups excluding carboxylic acids is 1. The van der Waals surface area contributed by atoms with Gasteiger partial charge >= 0.3 is 0 Å². The molecule has 0 aliphatic heterocycles. The molecule has 0 aliphatic rings. The van der Waals surface area contributed by atoms with Crippen molar-refractivity contribution >= 4 is 33.1 Å². The van der Waals surface area contributed by atoms with Crippen LogP contribution in [0.1, 0.15) is 32.9 Å². The van der Waals surface area contributed by atoms with Crippen molar-refractivity contribution in [1.29, 1.82) is 0 Å². The van der Waals surface area contributed by atoms with E-state index in [0.717, 1.165) is 32.1 Å². The van der Waals surface area contributed by atoms with Crippen LogP contribution in [0.4, 0.5) is 5.69 Å². The van der Waals surface area contributed by atoms with E-state index in [1.165, 1.54) is 5.56 Å². The molecule has 0 fully saturated rings. The Labute approximate surface area is 201 Å². The average molecular weight is 470 g/mol. The van der Waals surface area contributed by atoms with Gasteiger partial charge in [0.15, 0.2) is 5.69 Å². The average Bonchev–Trinajstić information content (AvgIpc) is 3.42. The number of nitrogens with one attached hydrogen (secondary N) is 1. The van der Waals surface area contributed by atoms with Crippen molar-refractivity contribution in [3.63, 3.8) is 0 Å². The van der Waals surface area contributed by atoms with Gasteiger partial charge in [-0.1, -0.05) is 29.4 Å². The monoisotopic (exact) mass is 469 g/mol. The second-order valence-electron chi connectivity index (χ2n) is 8.14. The van der Waals surface area contributed by atoms with Crippen molar-refractivity contribution in [1.82, 2.24) is 10.1 Å². The second-order valence-corrected chi connectivity index (χ2v) is 9.17. The SMILES string of the molecule is Cc1ccc2nc(-c3ccc(NC(=O)c4noc(C)c4COc4ccccc4C)cc3)sc2c1. The molecule has 5 aromatic rings. The van der Waals surface area contributed by atoms with E-state index in [2.05, 4.69) is 29.5 Å². The Kier molecular flexibility index (Phi) is 5.86. The van der Waals surface area contributed by atoms with Crippen molar-refractivity contribution in [2.45, 2.75) is 27.4 Å². The maximum atomic E-state index is 12.9. The second kappa shape index (κ2) is 9.11. The molecule has 0 bridgehead atoms. The molecule has 2 aromatic heterocycles. The molecule has 170 valence electrons. The molecule has 6 nitrogen and oxygen atoms in total. The van der Waals surface area contributed by atoms with Crippen LogP contribution in [0.3, 0.4) is 0 Å². The van der Waals surface area contributed by atoms with Crippen LogP contribution in [0, 0.1) is 20.8 Å². The highest BCUT2D eigenvalue weighted by atomic mass is 32.1. The van der Waals surface area contributed by atoms with Crippen LogP contribution in [0.2, 0.25) is 0 Å². The number of hydrogen-bond donors (Lipinski definition) is 1. The van der Waals surface area contributed by atoms with Crippen molar-refractivity contribution in [3.05, 3.63) is 94.9 Å². The first-order chi connectivity index (χ1) is 16.5. The summed E-state index contributed by atoms with van der Waals surface area (Å²) < 4.78 is 12.4. The maximum absolute atomic E-state index is 12.9. The van der Waals surface area contributed by atoms with Gasteiger partial charge in [0, 0.05) is 11.3 Å². The fraction of sp³-hybridized carbons (Fsp3) is 0.148. The van der Waals surface area contributed by atoms with Gasteiger partial charge in [0.25, 0.3) is 5.91 Å². The number of rotatable bonds is 6. The summed E-state index contributed by atoms with van der Waals surface area (Å²) >= 11 is 1.66. The van der Waals surface area contributed by atoms with E-state index in [4.69, 9.17) is 14.2 Å². The van der Waals surface area contributed by atoms with Gasteiger partial charge < -0.3 is 14.6 Å². The van der Waals surface area contributed by atoms with Gasteiger partial charge in [-0.2, -0.15) is 0 Å². The molecule has 1 N–H and O–H groups in total. The summed E-state index contributed by atoms with van der Waals surface area (Å²) in [5.74, 6) is 0.971. The van der Waals surface area contributed by atoms with Crippen molar-refractivity contribution in [3.8, 4) is 16.3 Å². The first-order valence-electron chi connectivity index (χ1n) is 10.9. The largest absolute Gasteiger partial charge is 0.488 e. The minimum Gasteiger partial charge on any atom is -0.488 e. The fourth-order valence-electron chi connectivity index (χ4n) is 3.65. The molecule has 0 spiro atoms. The minimum atomic E-state index is -0.344. The van der Waals surface area contributed by atoms with Gasteiger partial charge in [0.2, 0.25) is 0 Å². The third-order valence-electron chi connectivity index (χ3n) is 5.60. The molecule has 5 rings (SSSR count). The number of aromatic nitrogens is 2. The number of anilines is 1. The molecule has 0 saturated heterocycles. The number of aryl methyl sites for hydroxylation is 3. The van der Waals surface area contributed by atoms with Crippen LogP contribution >= 0.6 is 11.3 Å². The molecular weight excluding hydrogens is 446 g/mol. The number of hydrogen-bond acceptors (Lipinski definition) is 6. The molecule has 0 aliphatic carbocycles. The molecule has 2 heterocycles. The van der Waals surface area contributed by atoms with Crippen LogP contribution < -0.4 is 10.1 Å². The predicted molar refractivity (Wildman–Crippen MR) is 134 cm³/mol. The highest BCUT2D eigenvalue weighted by molar-refractivity contribution is 7.21. The summed E-state index contributed by atoms with van der Waals surface area (Å²) in [6.07, 6.45) is 0. The number of fused-ring (bicyclic) bond motifs is 1. The minimum absolute atomic E-state index is 0.193. The molecule has 1 amide bonds. The summed E-state index contributed by atoms with van der Waals surface area (Å²) in [5, 5.41) is 7.81. The third kappa shape index (κ3) is 4.43. The van der Waals surface area contributed by atoms with Gasteiger partial charge in [0.05, 0.1) is 15.8 Å². The quantitative estimate of drug-likeness (QED) is 0.299. The number of benzene rings is 3. The van der Waals surface area contributed by atoms with E-state index in [9.17, 15) is 4.79 Å². The topological polar surface area (TPSA) is 77.3 Å². The van der Waals surface area contributed by atoms with Crippen molar-refractivity contribution in [2.24, 2.45) is 0 Å². The first kappa shape index (κ1) is 21.9. The lowest BCUT2D eigenvalue weighted by Crippen LogP contribution is -2.15. The number of amides is 1. The third-order valence-corrected chi connectivity index (χ3v) is 6.67. The molecule has 0 saturated carbocycles. The van der Waals surface area contributed by atoms with Gasteiger partial charge in [-0.3, -0.25) is 4.79 Å². The standard InChI is InChI=1S/C27H23N3O3S/c1-16-8-13-22-24(14-16)34-27(29-22)19-9-11-20(12-10-19)28-26(31)25-21(18(3)33-30-25)15-32-23-7-5-4-6-17(23)2/h4-14H,15H2,1-3H3,(H,28,31). The molecule has 7 heteroatoms. The molecular formula is C27H23N3O3S. The lowest BCUT2D eigenvalue weighted by molar-refractivity contribution is 0.101. The van der Waals surface area contributed by atoms with Gasteiger partial charge in [0.1, 0.15) is 23.1 Å². The number of para-hydroxylation sites is 1. The zero-order valence-corrected chi connectivity index (χ0v) is 19.9. The fourth-order valence-corrected chi connectivity index (χ4v) is 4.72. The summed E-state index contributed by atoms with van der Waals surface area (Å²) in [6.45, 7) is 6.02. The maximum Gasteiger partial charge on any atom is 0.278 e. The number of ether oxygens (including phenoxy) is 1. The van der Waals surface area contributed by atoms with Crippen LogP contribution in [-0.4, -0.2) is 16.0 Å². The number of thiazole rings is 1. The van der Waals surface area contributed by atoms with Gasteiger partial charge in [-0.25, -0.2) is 4.98 Å². The van der Waals surface area contributed by atoms with Gasteiger partial charge in [-0.15, -0.1) is 11.3 Å². The Morgan fingerprint density at radius 2 is 1.82 bits per heavy atom. The molecule has 0 radical (unpaired) electrons. The summed E-state index contributed by atoms with van der Waals surface area (Å²) in [5.41, 5.74) is 5.74. The number of carbonyl (C=O) groups is 1. The van der Waals surface area contributed by atoms with Crippen LogP contribution in [0.5, 0.6) is 5.75 Å². The smallest absolute Gasteiger partial charge is 0.278 e. The zero-order chi connectivity index (χ0) is 23.7. The van der Waals surface area contributed by atoms with E-state index >= 15 is 0 Å². The lowest BCUT2D eigenvalue weighted by atomic mass is 10.1. The van der Waals surface area contributed by atoms with Gasteiger partial charge in [-0.05, 0) is 74.4 Å². The Balaban J connectivity index is 1.30. The van der Waals surface area contributed by atoms with Crippen LogP contribution in [-0.2, 0) is 6.61 Å². The predicted octanol–water partition coefficient (Wildman–Crippen LogP) is 6.71. The van der Waals surface area contributed by atoms with E-state index in [0.29, 0.717) is 17.0 Å². The molecule has 34 heavy (non-hydrogen) atoms. The van der Waals surface area contributed by atoms with E-state index in [1.807, 2.05) is 61.5 Å². The Hall–Kier alpha value is -3.97. The lowest BCUT2D eigenvalue weighted by Gasteiger charge is -2.09. The normalized spacial score (nSPS) is 11.0. The molecule has 0 unspecified atom stereocenters. The summed E-state index contributed by atoms with van der Waals surface area (Å²) in [6, 6.07) is 21.6. The Morgan fingerprint density at radius 1 is 1.03 bits per heavy atom. The summed E-state index contributed by atoms with van der Waals surface area (Å²) in [4.78, 5) is 17.7. The Bertz CT molecular complexity index is 1490. The first-order valence-corrected chi connectivity index (χ1v) is 11.7. The van der Waals surface area contributed by atoms with Crippen molar-refractivity contribution in [2.75, 3.05) is 5.32 Å². The van der Waals surface area contributed by atoms with E-state index < -0.39 is 0 Å². The van der Waals surface area contributed by atoms with E-state index in [-0.39, 0.29) is 18.2 Å². The van der Waals surface area contributed by atoms with E-state index in [1.54, 1.807) is 18.3 Å². The molecule has 0 atom stereocenters. The Morgan fingerprint density at radius 3 is 2.62 bits per heavy atom. The van der Waals surface area contributed by atoms with Crippen LogP contribution in [0.25, 0.3) is 20.8 Å². The highest BCUT2D eigenvalue weighted by Gasteiger charge is 2.21. The van der Waals surface area contributed by atoms with Crippen molar-refractivity contribution < 1.29 is 14.1 Å².